The average Bonchev–Trinajstić information content (AvgIpc) is 2.67. The van der Waals surface area contributed by atoms with Crippen LogP contribution in [0.5, 0.6) is 0 Å². The van der Waals surface area contributed by atoms with Crippen molar-refractivity contribution in [3.05, 3.63) is 81.1 Å². The number of carbonyl (C=O) groups is 1. The summed E-state index contributed by atoms with van der Waals surface area (Å²) in [5.74, 6) is -0.162. The Morgan fingerprint density at radius 3 is 2.54 bits per heavy atom. The van der Waals surface area contributed by atoms with Crippen molar-refractivity contribution in [1.82, 2.24) is 9.78 Å². The van der Waals surface area contributed by atoms with Gasteiger partial charge >= 0.3 is 0 Å². The SMILES string of the molecule is Cc1ccc(-n2nc(SC(C)C(=O)Nc3cc(Cl)ccc3C)ccc2=O)cc1. The molecule has 7 heteroatoms. The van der Waals surface area contributed by atoms with Gasteiger partial charge in [0.1, 0.15) is 5.03 Å². The predicted octanol–water partition coefficient (Wildman–Crippen LogP) is 4.62. The zero-order valence-corrected chi connectivity index (χ0v) is 17.3. The van der Waals surface area contributed by atoms with Crippen LogP contribution in [0.1, 0.15) is 18.1 Å². The summed E-state index contributed by atoms with van der Waals surface area (Å²) in [5.41, 5.74) is 3.18. The van der Waals surface area contributed by atoms with Gasteiger partial charge in [0.15, 0.2) is 0 Å². The molecule has 0 fully saturated rings. The molecular formula is C21H20ClN3O2S. The molecule has 0 spiro atoms. The van der Waals surface area contributed by atoms with Gasteiger partial charge in [0.05, 0.1) is 10.9 Å². The van der Waals surface area contributed by atoms with E-state index in [1.165, 1.54) is 22.5 Å². The fraction of sp³-hybridized carbons (Fsp3) is 0.190. The second kappa shape index (κ2) is 8.63. The molecule has 0 aliphatic rings. The largest absolute Gasteiger partial charge is 0.325 e. The van der Waals surface area contributed by atoms with Crippen LogP contribution in [-0.4, -0.2) is 20.9 Å². The van der Waals surface area contributed by atoms with Crippen LogP contribution in [0.2, 0.25) is 5.02 Å². The van der Waals surface area contributed by atoms with Crippen LogP contribution in [0.15, 0.2) is 64.4 Å². The number of thioether (sulfide) groups is 1. The number of halogens is 1. The van der Waals surface area contributed by atoms with Gasteiger partial charge in [-0.25, -0.2) is 0 Å². The second-order valence-corrected chi connectivity index (χ2v) is 8.26. The smallest absolute Gasteiger partial charge is 0.271 e. The summed E-state index contributed by atoms with van der Waals surface area (Å²) in [5, 5.41) is 8.04. The number of aryl methyl sites for hydroxylation is 2. The molecule has 1 heterocycles. The lowest BCUT2D eigenvalue weighted by atomic mass is 10.2. The molecule has 144 valence electrons. The molecular weight excluding hydrogens is 394 g/mol. The highest BCUT2D eigenvalue weighted by Crippen LogP contribution is 2.24. The minimum atomic E-state index is -0.408. The van der Waals surface area contributed by atoms with E-state index in [0.29, 0.717) is 21.4 Å². The van der Waals surface area contributed by atoms with E-state index in [2.05, 4.69) is 10.4 Å². The first-order valence-corrected chi connectivity index (χ1v) is 10.0. The Kier molecular flexibility index (Phi) is 6.21. The molecule has 1 unspecified atom stereocenters. The van der Waals surface area contributed by atoms with Crippen LogP contribution in [0, 0.1) is 13.8 Å². The summed E-state index contributed by atoms with van der Waals surface area (Å²) in [6.45, 7) is 5.68. The van der Waals surface area contributed by atoms with E-state index in [9.17, 15) is 9.59 Å². The Morgan fingerprint density at radius 1 is 1.11 bits per heavy atom. The number of rotatable bonds is 5. The molecule has 1 atom stereocenters. The lowest BCUT2D eigenvalue weighted by Crippen LogP contribution is -2.24. The Labute approximate surface area is 172 Å². The first kappa shape index (κ1) is 20.2. The molecule has 0 aliphatic heterocycles. The number of anilines is 1. The van der Waals surface area contributed by atoms with Crippen molar-refractivity contribution in [2.75, 3.05) is 5.32 Å². The maximum absolute atomic E-state index is 12.6. The number of nitrogens with one attached hydrogen (secondary N) is 1. The van der Waals surface area contributed by atoms with Gasteiger partial charge in [0.25, 0.3) is 5.56 Å². The van der Waals surface area contributed by atoms with Crippen molar-refractivity contribution in [2.24, 2.45) is 0 Å². The molecule has 0 saturated heterocycles. The Balaban J connectivity index is 1.76. The van der Waals surface area contributed by atoms with Crippen molar-refractivity contribution < 1.29 is 4.79 Å². The van der Waals surface area contributed by atoms with Crippen LogP contribution in [0.25, 0.3) is 5.69 Å². The van der Waals surface area contributed by atoms with E-state index in [1.54, 1.807) is 25.1 Å². The molecule has 1 aromatic heterocycles. The van der Waals surface area contributed by atoms with Gasteiger partial charge in [-0.05, 0) is 56.7 Å². The van der Waals surface area contributed by atoms with Gasteiger partial charge in [-0.3, -0.25) is 9.59 Å². The van der Waals surface area contributed by atoms with E-state index < -0.39 is 5.25 Å². The highest BCUT2D eigenvalue weighted by Gasteiger charge is 2.17. The third-order valence-electron chi connectivity index (χ3n) is 4.18. The number of hydrogen-bond acceptors (Lipinski definition) is 4. The number of aromatic nitrogens is 2. The number of hydrogen-bond donors (Lipinski definition) is 1. The molecule has 3 aromatic rings. The summed E-state index contributed by atoms with van der Waals surface area (Å²) in [7, 11) is 0. The third-order valence-corrected chi connectivity index (χ3v) is 5.44. The standard InChI is InChI=1S/C21H20ClN3O2S/c1-13-4-8-17(9-5-13)25-20(26)11-10-19(24-25)28-15(3)21(27)23-18-12-16(22)7-6-14(18)2/h4-12,15H,1-3H3,(H,23,27). The summed E-state index contributed by atoms with van der Waals surface area (Å²) in [4.78, 5) is 24.8. The molecule has 3 rings (SSSR count). The van der Waals surface area contributed by atoms with Crippen LogP contribution in [-0.2, 0) is 4.79 Å². The number of carbonyl (C=O) groups excluding carboxylic acids is 1. The molecule has 1 amide bonds. The fourth-order valence-corrected chi connectivity index (χ4v) is 3.50. The van der Waals surface area contributed by atoms with Crippen LogP contribution in [0.4, 0.5) is 5.69 Å². The lowest BCUT2D eigenvalue weighted by Gasteiger charge is -2.14. The molecule has 5 nitrogen and oxygen atoms in total. The van der Waals surface area contributed by atoms with Gasteiger partial charge in [0.2, 0.25) is 5.91 Å². The van der Waals surface area contributed by atoms with Crippen molar-refractivity contribution in [2.45, 2.75) is 31.0 Å². The van der Waals surface area contributed by atoms with Gasteiger partial charge in [-0.1, -0.05) is 47.1 Å². The first-order chi connectivity index (χ1) is 13.3. The van der Waals surface area contributed by atoms with Crippen molar-refractivity contribution >= 4 is 35.0 Å². The maximum Gasteiger partial charge on any atom is 0.271 e. The van der Waals surface area contributed by atoms with E-state index in [0.717, 1.165) is 11.1 Å². The van der Waals surface area contributed by atoms with E-state index in [1.807, 2.05) is 44.2 Å². The molecule has 1 N–H and O–H groups in total. The van der Waals surface area contributed by atoms with Gasteiger partial charge in [0, 0.05) is 16.8 Å². The molecule has 28 heavy (non-hydrogen) atoms. The zero-order chi connectivity index (χ0) is 20.3. The van der Waals surface area contributed by atoms with Crippen molar-refractivity contribution in [3.8, 4) is 5.69 Å². The third kappa shape index (κ3) is 4.82. The average molecular weight is 414 g/mol. The van der Waals surface area contributed by atoms with Gasteiger partial charge < -0.3 is 5.32 Å². The van der Waals surface area contributed by atoms with Crippen LogP contribution in [0.3, 0.4) is 0 Å². The van der Waals surface area contributed by atoms with E-state index in [4.69, 9.17) is 11.6 Å². The minimum Gasteiger partial charge on any atom is -0.325 e. The fourth-order valence-electron chi connectivity index (χ4n) is 2.53. The number of amides is 1. The number of nitrogens with zero attached hydrogens (tertiary/aromatic N) is 2. The number of benzene rings is 2. The topological polar surface area (TPSA) is 64.0 Å². The molecule has 0 bridgehead atoms. The molecule has 0 radical (unpaired) electrons. The summed E-state index contributed by atoms with van der Waals surface area (Å²) in [6, 6.07) is 16.0. The highest BCUT2D eigenvalue weighted by atomic mass is 35.5. The molecule has 0 aliphatic carbocycles. The normalized spacial score (nSPS) is 11.9. The van der Waals surface area contributed by atoms with Gasteiger partial charge in [-0.15, -0.1) is 0 Å². The summed E-state index contributed by atoms with van der Waals surface area (Å²) < 4.78 is 1.34. The second-order valence-electron chi connectivity index (χ2n) is 6.47. The minimum absolute atomic E-state index is 0.162. The van der Waals surface area contributed by atoms with Gasteiger partial charge in [-0.2, -0.15) is 9.78 Å². The van der Waals surface area contributed by atoms with Crippen LogP contribution >= 0.6 is 23.4 Å². The summed E-state index contributed by atoms with van der Waals surface area (Å²) >= 11 is 7.30. The quantitative estimate of drug-likeness (QED) is 0.620. The molecule has 2 aromatic carbocycles. The Morgan fingerprint density at radius 2 is 1.82 bits per heavy atom. The zero-order valence-electron chi connectivity index (χ0n) is 15.8. The van der Waals surface area contributed by atoms with E-state index in [-0.39, 0.29) is 11.5 Å². The lowest BCUT2D eigenvalue weighted by molar-refractivity contribution is -0.115. The predicted molar refractivity (Wildman–Crippen MR) is 115 cm³/mol. The Bertz CT molecular complexity index is 1060. The monoisotopic (exact) mass is 413 g/mol. The molecule has 0 saturated carbocycles. The van der Waals surface area contributed by atoms with E-state index >= 15 is 0 Å². The van der Waals surface area contributed by atoms with Crippen molar-refractivity contribution in [1.29, 1.82) is 0 Å². The maximum atomic E-state index is 12.6. The first-order valence-electron chi connectivity index (χ1n) is 8.74. The van der Waals surface area contributed by atoms with Crippen molar-refractivity contribution in [3.63, 3.8) is 0 Å². The highest BCUT2D eigenvalue weighted by molar-refractivity contribution is 8.00. The van der Waals surface area contributed by atoms with Crippen LogP contribution < -0.4 is 10.9 Å². The summed E-state index contributed by atoms with van der Waals surface area (Å²) in [6.07, 6.45) is 0. The Hall–Kier alpha value is -2.57.